The fraction of sp³-hybridized carbons (Fsp3) is 0.214. The van der Waals surface area contributed by atoms with E-state index in [1.807, 2.05) is 0 Å². The number of hydrogen-bond donors (Lipinski definition) is 2. The minimum absolute atomic E-state index is 0.0574. The van der Waals surface area contributed by atoms with Crippen LogP contribution in [0.3, 0.4) is 0 Å². The summed E-state index contributed by atoms with van der Waals surface area (Å²) in [5.74, 6) is 0.680. The number of hydrogen-bond acceptors (Lipinski definition) is 4. The fourth-order valence-corrected chi connectivity index (χ4v) is 1.53. The first-order valence-electron chi connectivity index (χ1n) is 5.84. The molecule has 0 saturated heterocycles. The zero-order valence-electron chi connectivity index (χ0n) is 10.5. The second-order valence-electron chi connectivity index (χ2n) is 4.32. The average molecular weight is 261 g/mol. The van der Waals surface area contributed by atoms with E-state index in [-0.39, 0.29) is 12.5 Å². The lowest BCUT2D eigenvalue weighted by atomic mass is 10.0. The Balaban J connectivity index is 1.87. The normalized spacial score (nSPS) is 14.4. The maximum atomic E-state index is 11.6. The highest BCUT2D eigenvalue weighted by molar-refractivity contribution is 5.91. The van der Waals surface area contributed by atoms with Gasteiger partial charge in [-0.1, -0.05) is 0 Å². The minimum Gasteiger partial charge on any atom is -0.466 e. The van der Waals surface area contributed by atoms with E-state index in [0.29, 0.717) is 11.5 Å². The zero-order valence-corrected chi connectivity index (χ0v) is 10.5. The molecule has 1 atom stereocenters. The molecule has 2 heterocycles. The summed E-state index contributed by atoms with van der Waals surface area (Å²) < 4.78 is 10.2. The van der Waals surface area contributed by atoms with Crippen molar-refractivity contribution in [3.8, 4) is 0 Å². The van der Waals surface area contributed by atoms with Gasteiger partial charge in [0.05, 0.1) is 19.1 Å². The second-order valence-corrected chi connectivity index (χ2v) is 4.32. The van der Waals surface area contributed by atoms with E-state index in [0.717, 1.165) is 0 Å². The van der Waals surface area contributed by atoms with E-state index in [1.54, 1.807) is 37.3 Å². The molecule has 5 nitrogen and oxygen atoms in total. The van der Waals surface area contributed by atoms with Crippen LogP contribution in [0.4, 0.5) is 0 Å². The number of carbonyl (C=O) groups excluding carboxylic acids is 1. The van der Waals surface area contributed by atoms with Crippen LogP contribution in [0.5, 0.6) is 0 Å². The molecule has 2 aromatic heterocycles. The summed E-state index contributed by atoms with van der Waals surface area (Å²) in [4.78, 5) is 11.6. The molecule has 0 aliphatic rings. The number of aliphatic hydroxyl groups is 1. The minimum atomic E-state index is -1.24. The lowest BCUT2D eigenvalue weighted by Crippen LogP contribution is -2.37. The number of furan rings is 2. The number of nitrogens with one attached hydrogen (secondary N) is 1. The fourth-order valence-electron chi connectivity index (χ4n) is 1.53. The van der Waals surface area contributed by atoms with E-state index in [4.69, 9.17) is 8.83 Å². The monoisotopic (exact) mass is 261 g/mol. The first-order valence-corrected chi connectivity index (χ1v) is 5.84. The summed E-state index contributed by atoms with van der Waals surface area (Å²) in [5.41, 5.74) is -1.24. The van der Waals surface area contributed by atoms with Gasteiger partial charge in [-0.2, -0.15) is 0 Å². The third-order valence-corrected chi connectivity index (χ3v) is 2.60. The van der Waals surface area contributed by atoms with Gasteiger partial charge >= 0.3 is 0 Å². The van der Waals surface area contributed by atoms with Crippen LogP contribution in [0.2, 0.25) is 0 Å². The average Bonchev–Trinajstić information content (AvgIpc) is 3.06. The van der Waals surface area contributed by atoms with Crippen LogP contribution in [0.15, 0.2) is 51.7 Å². The molecule has 0 spiro atoms. The van der Waals surface area contributed by atoms with Crippen LogP contribution in [-0.2, 0) is 10.4 Å². The van der Waals surface area contributed by atoms with E-state index in [9.17, 15) is 9.90 Å². The van der Waals surface area contributed by atoms with Crippen molar-refractivity contribution in [3.05, 3.63) is 54.4 Å². The highest BCUT2D eigenvalue weighted by Crippen LogP contribution is 2.19. The number of rotatable bonds is 5. The SMILES string of the molecule is CC(O)(CNC(=O)C=Cc1ccco1)c1ccco1. The number of carbonyl (C=O) groups is 1. The van der Waals surface area contributed by atoms with E-state index in [2.05, 4.69) is 5.32 Å². The predicted octanol–water partition coefficient (Wildman–Crippen LogP) is 1.91. The van der Waals surface area contributed by atoms with Crippen LogP contribution >= 0.6 is 0 Å². The van der Waals surface area contributed by atoms with Gasteiger partial charge in [-0.25, -0.2) is 0 Å². The maximum absolute atomic E-state index is 11.6. The molecule has 100 valence electrons. The summed E-state index contributed by atoms with van der Waals surface area (Å²) in [6.07, 6.45) is 5.90. The van der Waals surface area contributed by atoms with Gasteiger partial charge in [-0.05, 0) is 37.3 Å². The Labute approximate surface area is 110 Å². The van der Waals surface area contributed by atoms with Crippen LogP contribution < -0.4 is 5.32 Å². The molecule has 1 amide bonds. The Bertz CT molecular complexity index is 538. The van der Waals surface area contributed by atoms with Crippen LogP contribution in [0.25, 0.3) is 6.08 Å². The molecule has 2 N–H and O–H groups in total. The van der Waals surface area contributed by atoms with E-state index < -0.39 is 5.60 Å². The summed E-state index contributed by atoms with van der Waals surface area (Å²) in [5, 5.41) is 12.7. The highest BCUT2D eigenvalue weighted by Gasteiger charge is 2.26. The Morgan fingerprint density at radius 1 is 1.37 bits per heavy atom. The van der Waals surface area contributed by atoms with Gasteiger partial charge < -0.3 is 19.3 Å². The van der Waals surface area contributed by atoms with E-state index >= 15 is 0 Å². The smallest absolute Gasteiger partial charge is 0.244 e. The lowest BCUT2D eigenvalue weighted by molar-refractivity contribution is -0.117. The van der Waals surface area contributed by atoms with Gasteiger partial charge in [0.25, 0.3) is 0 Å². The standard InChI is InChI=1S/C14H15NO4/c1-14(17,12-5-3-9-19-12)10-15-13(16)7-6-11-4-2-8-18-11/h2-9,17H,10H2,1H3,(H,15,16). The van der Waals surface area contributed by atoms with Crippen molar-refractivity contribution in [1.82, 2.24) is 5.32 Å². The van der Waals surface area contributed by atoms with Crippen LogP contribution in [0, 0.1) is 0 Å². The molecule has 5 heteroatoms. The van der Waals surface area contributed by atoms with Crippen molar-refractivity contribution in [2.24, 2.45) is 0 Å². The van der Waals surface area contributed by atoms with Crippen molar-refractivity contribution in [1.29, 1.82) is 0 Å². The molecule has 0 aliphatic carbocycles. The molecule has 0 aromatic carbocycles. The van der Waals surface area contributed by atoms with Gasteiger partial charge in [0.1, 0.15) is 17.1 Å². The largest absolute Gasteiger partial charge is 0.466 e. The van der Waals surface area contributed by atoms with Crippen molar-refractivity contribution in [3.63, 3.8) is 0 Å². The molecular formula is C14H15NO4. The molecule has 0 radical (unpaired) electrons. The topological polar surface area (TPSA) is 75.6 Å². The van der Waals surface area contributed by atoms with Crippen LogP contribution in [-0.4, -0.2) is 17.6 Å². The molecular weight excluding hydrogens is 246 g/mol. The lowest BCUT2D eigenvalue weighted by Gasteiger charge is -2.20. The Morgan fingerprint density at radius 3 is 2.74 bits per heavy atom. The van der Waals surface area contributed by atoms with Gasteiger partial charge in [0.15, 0.2) is 0 Å². The Morgan fingerprint density at radius 2 is 2.11 bits per heavy atom. The van der Waals surface area contributed by atoms with Crippen molar-refractivity contribution in [2.75, 3.05) is 6.54 Å². The van der Waals surface area contributed by atoms with Gasteiger partial charge in [0.2, 0.25) is 5.91 Å². The summed E-state index contributed by atoms with van der Waals surface area (Å²) in [6, 6.07) is 6.81. The molecule has 0 bridgehead atoms. The molecule has 2 rings (SSSR count). The summed E-state index contributed by atoms with van der Waals surface area (Å²) in [6.45, 7) is 1.63. The molecule has 1 unspecified atom stereocenters. The van der Waals surface area contributed by atoms with Gasteiger partial charge in [-0.15, -0.1) is 0 Å². The summed E-state index contributed by atoms with van der Waals surface area (Å²) >= 11 is 0. The third-order valence-electron chi connectivity index (χ3n) is 2.60. The van der Waals surface area contributed by atoms with Crippen molar-refractivity contribution >= 4 is 12.0 Å². The maximum Gasteiger partial charge on any atom is 0.244 e. The number of amides is 1. The quantitative estimate of drug-likeness (QED) is 0.806. The first kappa shape index (κ1) is 13.2. The van der Waals surface area contributed by atoms with Gasteiger partial charge in [-0.3, -0.25) is 4.79 Å². The molecule has 0 saturated carbocycles. The van der Waals surface area contributed by atoms with E-state index in [1.165, 1.54) is 18.6 Å². The van der Waals surface area contributed by atoms with Crippen molar-refractivity contribution < 1.29 is 18.7 Å². The summed E-state index contributed by atoms with van der Waals surface area (Å²) in [7, 11) is 0. The molecule has 2 aromatic rings. The molecule has 0 aliphatic heterocycles. The third kappa shape index (κ3) is 3.59. The Kier molecular flexibility index (Phi) is 3.87. The highest BCUT2D eigenvalue weighted by atomic mass is 16.4. The predicted molar refractivity (Wildman–Crippen MR) is 69.0 cm³/mol. The Hall–Kier alpha value is -2.27. The van der Waals surface area contributed by atoms with Gasteiger partial charge in [0, 0.05) is 6.08 Å². The van der Waals surface area contributed by atoms with Crippen LogP contribution in [0.1, 0.15) is 18.4 Å². The zero-order chi connectivity index (χ0) is 13.7. The van der Waals surface area contributed by atoms with Crippen molar-refractivity contribution in [2.45, 2.75) is 12.5 Å². The first-order chi connectivity index (χ1) is 9.08. The molecule has 0 fully saturated rings. The second kappa shape index (κ2) is 5.58. The molecule has 19 heavy (non-hydrogen) atoms.